The average molecular weight is 211 g/mol. The van der Waals surface area contributed by atoms with Gasteiger partial charge in [-0.05, 0) is 37.0 Å². The van der Waals surface area contributed by atoms with E-state index in [1.54, 1.807) is 0 Å². The smallest absolute Gasteiger partial charge is 0.0462 e. The Labute approximate surface area is 96.5 Å². The van der Waals surface area contributed by atoms with Crippen LogP contribution in [0.5, 0.6) is 0 Å². The van der Waals surface area contributed by atoms with Gasteiger partial charge in [0.05, 0.1) is 0 Å². The fourth-order valence-electron chi connectivity index (χ4n) is 2.00. The van der Waals surface area contributed by atoms with E-state index < -0.39 is 0 Å². The monoisotopic (exact) mass is 211 g/mol. The number of allylic oxidation sites excluding steroid dienone is 1. The first kappa shape index (κ1) is 10.7. The van der Waals surface area contributed by atoms with Gasteiger partial charge in [0, 0.05) is 17.1 Å². The van der Waals surface area contributed by atoms with E-state index in [0.717, 1.165) is 12.8 Å². The topological polar surface area (TPSA) is 15.8 Å². The second-order valence-electron chi connectivity index (χ2n) is 4.24. The van der Waals surface area contributed by atoms with Crippen LogP contribution in [0.3, 0.4) is 0 Å². The number of nitrogens with one attached hydrogen (secondary N) is 1. The van der Waals surface area contributed by atoms with Crippen molar-refractivity contribution in [1.82, 2.24) is 4.98 Å². The zero-order chi connectivity index (χ0) is 11.5. The van der Waals surface area contributed by atoms with Crippen molar-refractivity contribution in [2.24, 2.45) is 0 Å². The maximum absolute atomic E-state index is 3.95. The van der Waals surface area contributed by atoms with E-state index >= 15 is 0 Å². The van der Waals surface area contributed by atoms with E-state index in [0.29, 0.717) is 0 Å². The van der Waals surface area contributed by atoms with Gasteiger partial charge in [0.15, 0.2) is 0 Å². The van der Waals surface area contributed by atoms with Gasteiger partial charge in [-0.25, -0.2) is 0 Å². The predicted octanol–water partition coefficient (Wildman–Crippen LogP) is 4.32. The molecule has 82 valence electrons. The highest BCUT2D eigenvalue weighted by Gasteiger charge is 2.06. The van der Waals surface area contributed by atoms with Crippen LogP contribution in [0.4, 0.5) is 0 Å². The molecule has 0 unspecified atom stereocenters. The molecule has 0 aliphatic heterocycles. The molecule has 0 atom stereocenters. The van der Waals surface area contributed by atoms with Gasteiger partial charge in [-0.1, -0.05) is 30.4 Å². The fraction of sp³-hybridized carbons (Fsp3) is 0.200. The molecule has 0 bridgehead atoms. The third kappa shape index (κ3) is 1.94. The van der Waals surface area contributed by atoms with Crippen molar-refractivity contribution in [3.8, 4) is 0 Å². The minimum Gasteiger partial charge on any atom is -0.361 e. The Bertz CT molecular complexity index is 531. The molecule has 1 N–H and O–H groups in total. The number of H-pyrrole nitrogens is 1. The van der Waals surface area contributed by atoms with E-state index in [-0.39, 0.29) is 0 Å². The van der Waals surface area contributed by atoms with Gasteiger partial charge in [0.25, 0.3) is 0 Å². The van der Waals surface area contributed by atoms with Crippen LogP contribution in [-0.2, 0) is 6.42 Å². The molecular weight excluding hydrogens is 194 g/mol. The van der Waals surface area contributed by atoms with Crippen LogP contribution in [0.2, 0.25) is 0 Å². The van der Waals surface area contributed by atoms with Gasteiger partial charge in [-0.3, -0.25) is 0 Å². The number of hydrogen-bond donors (Lipinski definition) is 1. The highest BCUT2D eigenvalue weighted by Crippen LogP contribution is 2.25. The highest BCUT2D eigenvalue weighted by molar-refractivity contribution is 5.91. The third-order valence-corrected chi connectivity index (χ3v) is 2.86. The molecule has 1 nitrogen and oxygen atoms in total. The third-order valence-electron chi connectivity index (χ3n) is 2.86. The van der Waals surface area contributed by atoms with E-state index in [9.17, 15) is 0 Å². The maximum Gasteiger partial charge on any atom is 0.0462 e. The van der Waals surface area contributed by atoms with Crippen molar-refractivity contribution in [3.05, 3.63) is 54.3 Å². The molecule has 0 radical (unpaired) electrons. The van der Waals surface area contributed by atoms with Gasteiger partial charge in [0.2, 0.25) is 0 Å². The second-order valence-corrected chi connectivity index (χ2v) is 4.24. The number of aryl methyl sites for hydroxylation is 1. The van der Waals surface area contributed by atoms with Gasteiger partial charge in [-0.2, -0.15) is 0 Å². The molecule has 16 heavy (non-hydrogen) atoms. The summed E-state index contributed by atoms with van der Waals surface area (Å²) in [6.07, 6.45) is 6.10. The Kier molecular flexibility index (Phi) is 2.95. The maximum atomic E-state index is 3.95. The lowest BCUT2D eigenvalue weighted by Gasteiger charge is -2.02. The summed E-state index contributed by atoms with van der Waals surface area (Å²) in [6.45, 7) is 9.89. The molecule has 0 aliphatic carbocycles. The zero-order valence-electron chi connectivity index (χ0n) is 9.72. The second kappa shape index (κ2) is 4.40. The van der Waals surface area contributed by atoms with Gasteiger partial charge in [0.1, 0.15) is 0 Å². The summed E-state index contributed by atoms with van der Waals surface area (Å²) in [5, 5.41) is 1.30. The van der Waals surface area contributed by atoms with Gasteiger partial charge >= 0.3 is 0 Å². The van der Waals surface area contributed by atoms with Crippen LogP contribution in [0.1, 0.15) is 24.5 Å². The quantitative estimate of drug-likeness (QED) is 0.725. The molecule has 1 aromatic carbocycles. The van der Waals surface area contributed by atoms with E-state index in [2.05, 4.69) is 49.5 Å². The molecule has 0 aliphatic rings. The van der Waals surface area contributed by atoms with Crippen molar-refractivity contribution in [2.45, 2.75) is 19.8 Å². The fourth-order valence-corrected chi connectivity index (χ4v) is 2.00. The van der Waals surface area contributed by atoms with E-state index in [1.807, 2.05) is 6.08 Å². The van der Waals surface area contributed by atoms with E-state index in [4.69, 9.17) is 0 Å². The molecule has 1 heterocycles. The molecule has 0 saturated carbocycles. The molecule has 2 rings (SSSR count). The Morgan fingerprint density at radius 2 is 2.25 bits per heavy atom. The minimum absolute atomic E-state index is 1.04. The highest BCUT2D eigenvalue weighted by atomic mass is 14.7. The number of aromatic amines is 1. The minimum atomic E-state index is 1.04. The lowest BCUT2D eigenvalue weighted by molar-refractivity contribution is 0.953. The first-order valence-corrected chi connectivity index (χ1v) is 5.58. The summed E-state index contributed by atoms with van der Waals surface area (Å²) in [6, 6.07) is 6.26. The molecule has 0 amide bonds. The van der Waals surface area contributed by atoms with Crippen LogP contribution >= 0.6 is 0 Å². The number of hydrogen-bond acceptors (Lipinski definition) is 0. The van der Waals surface area contributed by atoms with Crippen molar-refractivity contribution in [1.29, 1.82) is 0 Å². The number of benzene rings is 1. The van der Waals surface area contributed by atoms with Crippen molar-refractivity contribution < 1.29 is 0 Å². The number of rotatable bonds is 4. The number of aromatic nitrogens is 1. The predicted molar refractivity (Wildman–Crippen MR) is 71.5 cm³/mol. The Morgan fingerprint density at radius 3 is 2.94 bits per heavy atom. The van der Waals surface area contributed by atoms with Crippen LogP contribution in [0, 0.1) is 0 Å². The lowest BCUT2D eigenvalue weighted by Crippen LogP contribution is -1.85. The van der Waals surface area contributed by atoms with Crippen LogP contribution in [-0.4, -0.2) is 4.98 Å². The van der Waals surface area contributed by atoms with Crippen LogP contribution in [0.15, 0.2) is 43.1 Å². The Morgan fingerprint density at radius 1 is 1.44 bits per heavy atom. The molecule has 1 heteroatoms. The molecule has 0 fully saturated rings. The molecule has 2 aromatic rings. The summed E-state index contributed by atoms with van der Waals surface area (Å²) in [7, 11) is 0. The SMILES string of the molecule is C=Cc1cccc2[nH]cc(CCC(=C)C)c12. The summed E-state index contributed by atoms with van der Waals surface area (Å²) in [5.41, 5.74) is 4.98. The summed E-state index contributed by atoms with van der Waals surface area (Å²) >= 11 is 0. The summed E-state index contributed by atoms with van der Waals surface area (Å²) in [4.78, 5) is 3.31. The first-order chi connectivity index (χ1) is 7.72. The van der Waals surface area contributed by atoms with Crippen LogP contribution < -0.4 is 0 Å². The van der Waals surface area contributed by atoms with Crippen molar-refractivity contribution in [3.63, 3.8) is 0 Å². The summed E-state index contributed by atoms with van der Waals surface area (Å²) < 4.78 is 0. The zero-order valence-corrected chi connectivity index (χ0v) is 9.72. The first-order valence-electron chi connectivity index (χ1n) is 5.58. The van der Waals surface area contributed by atoms with Crippen LogP contribution in [0.25, 0.3) is 17.0 Å². The largest absolute Gasteiger partial charge is 0.361 e. The van der Waals surface area contributed by atoms with Gasteiger partial charge < -0.3 is 4.98 Å². The molecular formula is C15H17N. The average Bonchev–Trinajstić information content (AvgIpc) is 2.69. The standard InChI is InChI=1S/C15H17N/c1-4-12-6-5-7-14-15(12)13(10-16-14)9-8-11(2)3/h4-7,10,16H,1-2,8-9H2,3H3. The Balaban J connectivity index is 2.45. The normalized spacial score (nSPS) is 10.6. The molecule has 0 spiro atoms. The van der Waals surface area contributed by atoms with E-state index in [1.165, 1.54) is 27.6 Å². The van der Waals surface area contributed by atoms with Crippen molar-refractivity contribution >= 4 is 17.0 Å². The number of fused-ring (bicyclic) bond motifs is 1. The van der Waals surface area contributed by atoms with Gasteiger partial charge in [-0.15, -0.1) is 6.58 Å². The lowest BCUT2D eigenvalue weighted by atomic mass is 10.0. The Hall–Kier alpha value is -1.76. The molecule has 1 aromatic heterocycles. The summed E-state index contributed by atoms with van der Waals surface area (Å²) in [5.74, 6) is 0. The van der Waals surface area contributed by atoms with Crippen molar-refractivity contribution in [2.75, 3.05) is 0 Å². The molecule has 0 saturated heterocycles.